The molecule has 20 heavy (non-hydrogen) atoms. The van der Waals surface area contributed by atoms with E-state index in [-0.39, 0.29) is 11.1 Å². The number of benzene rings is 1. The molecule has 0 aliphatic rings. The maximum atomic E-state index is 12.3. The van der Waals surface area contributed by atoms with Crippen molar-refractivity contribution < 1.29 is 9.90 Å². The van der Waals surface area contributed by atoms with Crippen molar-refractivity contribution in [3.8, 4) is 5.69 Å². The van der Waals surface area contributed by atoms with Gasteiger partial charge in [0.2, 0.25) is 0 Å². The summed E-state index contributed by atoms with van der Waals surface area (Å²) in [5, 5.41) is 13.2. The van der Waals surface area contributed by atoms with E-state index < -0.39 is 11.5 Å². The minimum absolute atomic E-state index is 0.0302. The molecule has 0 spiro atoms. The molecule has 0 radical (unpaired) electrons. The van der Waals surface area contributed by atoms with E-state index in [0.29, 0.717) is 11.4 Å². The molecule has 0 fully saturated rings. The average Bonchev–Trinajstić information content (AvgIpc) is 2.37. The SMILES string of the molecule is Cc1ccc(-n2nc(C)c(C(=O)O)c(C)c2=O)cc1Br. The van der Waals surface area contributed by atoms with Crippen molar-refractivity contribution in [2.24, 2.45) is 0 Å². The molecule has 0 unspecified atom stereocenters. The van der Waals surface area contributed by atoms with E-state index in [1.807, 2.05) is 13.0 Å². The number of aromatic carboxylic acids is 1. The summed E-state index contributed by atoms with van der Waals surface area (Å²) >= 11 is 3.41. The van der Waals surface area contributed by atoms with E-state index in [1.54, 1.807) is 19.1 Å². The molecule has 1 aromatic heterocycles. The van der Waals surface area contributed by atoms with Crippen LogP contribution < -0.4 is 5.56 Å². The minimum Gasteiger partial charge on any atom is -0.478 e. The first kappa shape index (κ1) is 14.5. The van der Waals surface area contributed by atoms with Crippen LogP contribution in [0, 0.1) is 20.8 Å². The summed E-state index contributed by atoms with van der Waals surface area (Å²) in [5.41, 5.74) is 1.67. The third-order valence-electron chi connectivity index (χ3n) is 3.11. The lowest BCUT2D eigenvalue weighted by atomic mass is 10.1. The molecule has 104 valence electrons. The van der Waals surface area contributed by atoms with Crippen LogP contribution in [0.15, 0.2) is 27.5 Å². The molecule has 0 amide bonds. The van der Waals surface area contributed by atoms with Gasteiger partial charge in [0.1, 0.15) is 0 Å². The van der Waals surface area contributed by atoms with Gasteiger partial charge in [-0.1, -0.05) is 22.0 Å². The Balaban J connectivity index is 2.73. The molecule has 5 nitrogen and oxygen atoms in total. The van der Waals surface area contributed by atoms with Crippen molar-refractivity contribution in [2.75, 3.05) is 0 Å². The number of hydrogen-bond donors (Lipinski definition) is 1. The molecular formula is C14H13BrN2O3. The largest absolute Gasteiger partial charge is 0.478 e. The molecule has 0 bridgehead atoms. The highest BCUT2D eigenvalue weighted by Gasteiger charge is 2.18. The van der Waals surface area contributed by atoms with E-state index in [9.17, 15) is 9.59 Å². The summed E-state index contributed by atoms with van der Waals surface area (Å²) in [6.45, 7) is 5.02. The summed E-state index contributed by atoms with van der Waals surface area (Å²) in [6, 6.07) is 5.42. The van der Waals surface area contributed by atoms with Crippen LogP contribution >= 0.6 is 15.9 Å². The first-order valence-corrected chi connectivity index (χ1v) is 6.72. The molecule has 1 N–H and O–H groups in total. The summed E-state index contributed by atoms with van der Waals surface area (Å²) < 4.78 is 2.09. The molecule has 0 aliphatic carbocycles. The summed E-state index contributed by atoms with van der Waals surface area (Å²) in [4.78, 5) is 23.4. The normalized spacial score (nSPS) is 10.6. The molecule has 0 atom stereocenters. The predicted octanol–water partition coefficient (Wildman–Crippen LogP) is 2.62. The van der Waals surface area contributed by atoms with E-state index in [4.69, 9.17) is 5.11 Å². The lowest BCUT2D eigenvalue weighted by molar-refractivity contribution is 0.0694. The van der Waals surface area contributed by atoms with Gasteiger partial charge < -0.3 is 5.11 Å². The molecule has 1 heterocycles. The Hall–Kier alpha value is -1.95. The molecule has 6 heteroatoms. The fraction of sp³-hybridized carbons (Fsp3) is 0.214. The van der Waals surface area contributed by atoms with Crippen molar-refractivity contribution in [3.05, 3.63) is 55.4 Å². The average molecular weight is 337 g/mol. The highest BCUT2D eigenvalue weighted by Crippen LogP contribution is 2.19. The van der Waals surface area contributed by atoms with E-state index in [0.717, 1.165) is 10.0 Å². The highest BCUT2D eigenvalue weighted by molar-refractivity contribution is 9.10. The van der Waals surface area contributed by atoms with Gasteiger partial charge in [-0.3, -0.25) is 4.79 Å². The van der Waals surface area contributed by atoms with Gasteiger partial charge in [0.25, 0.3) is 5.56 Å². The third kappa shape index (κ3) is 2.38. The lowest BCUT2D eigenvalue weighted by Crippen LogP contribution is -2.27. The molecule has 0 aliphatic heterocycles. The number of aromatic nitrogens is 2. The van der Waals surface area contributed by atoms with Crippen LogP contribution in [0.1, 0.15) is 27.2 Å². The Morgan fingerprint density at radius 1 is 1.30 bits per heavy atom. The Morgan fingerprint density at radius 3 is 2.50 bits per heavy atom. The minimum atomic E-state index is -1.14. The number of nitrogens with zero attached hydrogens (tertiary/aromatic N) is 2. The first-order chi connectivity index (χ1) is 9.32. The molecule has 2 aromatic rings. The van der Waals surface area contributed by atoms with Gasteiger partial charge in [0.15, 0.2) is 0 Å². The van der Waals surface area contributed by atoms with Crippen LogP contribution in [0.5, 0.6) is 0 Å². The monoisotopic (exact) mass is 336 g/mol. The fourth-order valence-electron chi connectivity index (χ4n) is 1.99. The zero-order chi connectivity index (χ0) is 15.0. The lowest BCUT2D eigenvalue weighted by Gasteiger charge is -2.11. The zero-order valence-corrected chi connectivity index (χ0v) is 12.9. The van der Waals surface area contributed by atoms with Gasteiger partial charge in [-0.25, -0.2) is 4.79 Å². The van der Waals surface area contributed by atoms with Crippen molar-refractivity contribution >= 4 is 21.9 Å². The first-order valence-electron chi connectivity index (χ1n) is 5.93. The number of halogens is 1. The number of hydrogen-bond acceptors (Lipinski definition) is 3. The standard InChI is InChI=1S/C14H13BrN2O3/c1-7-4-5-10(6-11(7)15)17-13(18)8(2)12(14(19)20)9(3)16-17/h4-6H,1-3H3,(H,19,20). The zero-order valence-electron chi connectivity index (χ0n) is 11.3. The van der Waals surface area contributed by atoms with Gasteiger partial charge in [-0.2, -0.15) is 9.78 Å². The van der Waals surface area contributed by atoms with Gasteiger partial charge >= 0.3 is 5.97 Å². The van der Waals surface area contributed by atoms with Crippen LogP contribution in [0.25, 0.3) is 5.69 Å². The van der Waals surface area contributed by atoms with E-state index in [1.165, 1.54) is 11.6 Å². The topological polar surface area (TPSA) is 72.2 Å². The Labute approximate surface area is 124 Å². The van der Waals surface area contributed by atoms with E-state index >= 15 is 0 Å². The highest BCUT2D eigenvalue weighted by atomic mass is 79.9. The molecule has 1 aromatic carbocycles. The van der Waals surface area contributed by atoms with Crippen molar-refractivity contribution in [2.45, 2.75) is 20.8 Å². The predicted molar refractivity (Wildman–Crippen MR) is 78.7 cm³/mol. The Kier molecular flexibility index (Phi) is 3.76. The molecule has 2 rings (SSSR count). The maximum absolute atomic E-state index is 12.3. The molecule has 0 saturated heterocycles. The number of carboxylic acids is 1. The number of aryl methyl sites for hydroxylation is 2. The van der Waals surface area contributed by atoms with Crippen molar-refractivity contribution in [1.29, 1.82) is 0 Å². The number of rotatable bonds is 2. The van der Waals surface area contributed by atoms with Crippen LogP contribution in [0.4, 0.5) is 0 Å². The number of carboxylic acid groups (broad SMARTS) is 1. The van der Waals surface area contributed by atoms with Crippen LogP contribution in [-0.4, -0.2) is 20.9 Å². The second-order valence-corrected chi connectivity index (χ2v) is 5.40. The quantitative estimate of drug-likeness (QED) is 0.914. The van der Waals surface area contributed by atoms with Gasteiger partial charge in [-0.05, 0) is 38.5 Å². The van der Waals surface area contributed by atoms with Crippen molar-refractivity contribution in [3.63, 3.8) is 0 Å². The Morgan fingerprint density at radius 2 is 1.95 bits per heavy atom. The maximum Gasteiger partial charge on any atom is 0.338 e. The Bertz CT molecular complexity index is 766. The van der Waals surface area contributed by atoms with Crippen LogP contribution in [0.2, 0.25) is 0 Å². The summed E-state index contributed by atoms with van der Waals surface area (Å²) in [5.74, 6) is -1.14. The fourth-order valence-corrected chi connectivity index (χ4v) is 2.35. The summed E-state index contributed by atoms with van der Waals surface area (Å²) in [6.07, 6.45) is 0. The van der Waals surface area contributed by atoms with Crippen LogP contribution in [-0.2, 0) is 0 Å². The van der Waals surface area contributed by atoms with Gasteiger partial charge in [-0.15, -0.1) is 0 Å². The summed E-state index contributed by atoms with van der Waals surface area (Å²) in [7, 11) is 0. The van der Waals surface area contributed by atoms with Gasteiger partial charge in [0.05, 0.1) is 16.9 Å². The second-order valence-electron chi connectivity index (χ2n) is 4.54. The van der Waals surface area contributed by atoms with Crippen molar-refractivity contribution in [1.82, 2.24) is 9.78 Å². The van der Waals surface area contributed by atoms with E-state index in [2.05, 4.69) is 21.0 Å². The molecule has 0 saturated carbocycles. The second kappa shape index (κ2) is 5.20. The van der Waals surface area contributed by atoms with Crippen LogP contribution in [0.3, 0.4) is 0 Å². The smallest absolute Gasteiger partial charge is 0.338 e. The molecular weight excluding hydrogens is 324 g/mol. The number of carbonyl (C=O) groups is 1. The third-order valence-corrected chi connectivity index (χ3v) is 3.97. The van der Waals surface area contributed by atoms with Gasteiger partial charge in [0, 0.05) is 10.0 Å².